The fourth-order valence-corrected chi connectivity index (χ4v) is 1.51. The summed E-state index contributed by atoms with van der Waals surface area (Å²) in [6, 6.07) is 6.27. The Morgan fingerprint density at radius 3 is 2.82 bits per heavy atom. The number of carbonyl (C=O) groups is 1. The lowest BCUT2D eigenvalue weighted by molar-refractivity contribution is 0.102. The molecule has 17 heavy (non-hydrogen) atoms. The van der Waals surface area contributed by atoms with Crippen LogP contribution in [0.1, 0.15) is 10.4 Å². The average Bonchev–Trinajstić information content (AvgIpc) is 2.35. The number of pyridine rings is 2. The Kier molecular flexibility index (Phi) is 3.34. The number of carbonyl (C=O) groups excluding carboxylic acids is 1. The van der Waals surface area contributed by atoms with Crippen molar-refractivity contribution >= 4 is 27.7 Å². The van der Waals surface area contributed by atoms with Crippen molar-refractivity contribution in [2.24, 2.45) is 0 Å². The zero-order valence-electron chi connectivity index (χ0n) is 8.59. The molecule has 1 amide bonds. The van der Waals surface area contributed by atoms with E-state index in [-0.39, 0.29) is 16.3 Å². The summed E-state index contributed by atoms with van der Waals surface area (Å²) in [5.74, 6) is 0.0658. The van der Waals surface area contributed by atoms with Crippen molar-refractivity contribution in [3.05, 3.63) is 46.8 Å². The third kappa shape index (κ3) is 2.79. The van der Waals surface area contributed by atoms with Crippen LogP contribution in [0.2, 0.25) is 0 Å². The summed E-state index contributed by atoms with van der Waals surface area (Å²) in [6.07, 6.45) is 3.05. The van der Waals surface area contributed by atoms with Crippen molar-refractivity contribution in [1.82, 2.24) is 9.97 Å². The van der Waals surface area contributed by atoms with Crippen LogP contribution in [-0.4, -0.2) is 21.0 Å². The highest BCUT2D eigenvalue weighted by Crippen LogP contribution is 2.22. The van der Waals surface area contributed by atoms with Crippen molar-refractivity contribution < 1.29 is 9.90 Å². The molecule has 0 saturated heterocycles. The highest BCUT2D eigenvalue weighted by molar-refractivity contribution is 9.10. The first-order valence-electron chi connectivity index (χ1n) is 4.74. The van der Waals surface area contributed by atoms with Crippen molar-refractivity contribution in [3.63, 3.8) is 0 Å². The number of hydrogen-bond donors (Lipinski definition) is 2. The lowest BCUT2D eigenvalue weighted by Crippen LogP contribution is -2.13. The van der Waals surface area contributed by atoms with Gasteiger partial charge in [-0.05, 0) is 40.2 Å². The number of aromatic nitrogens is 2. The fraction of sp³-hybridized carbons (Fsp3) is 0. The van der Waals surface area contributed by atoms with Gasteiger partial charge in [-0.2, -0.15) is 0 Å². The van der Waals surface area contributed by atoms with Gasteiger partial charge in [-0.25, -0.2) is 4.98 Å². The zero-order valence-corrected chi connectivity index (χ0v) is 10.2. The van der Waals surface area contributed by atoms with E-state index in [0.717, 1.165) is 0 Å². The van der Waals surface area contributed by atoms with Crippen LogP contribution in [0.25, 0.3) is 0 Å². The van der Waals surface area contributed by atoms with Crippen LogP contribution in [0.5, 0.6) is 5.75 Å². The van der Waals surface area contributed by atoms with Gasteiger partial charge in [-0.3, -0.25) is 9.78 Å². The van der Waals surface area contributed by atoms with Crippen LogP contribution < -0.4 is 5.32 Å². The monoisotopic (exact) mass is 293 g/mol. The summed E-state index contributed by atoms with van der Waals surface area (Å²) < 4.78 is 0.279. The molecule has 2 N–H and O–H groups in total. The first-order valence-corrected chi connectivity index (χ1v) is 5.53. The van der Waals surface area contributed by atoms with Crippen LogP contribution in [0.15, 0.2) is 41.3 Å². The summed E-state index contributed by atoms with van der Waals surface area (Å²) >= 11 is 3.07. The molecule has 2 heterocycles. The second-order valence-corrected chi connectivity index (χ2v) is 3.95. The van der Waals surface area contributed by atoms with Gasteiger partial charge in [0.2, 0.25) is 0 Å². The van der Waals surface area contributed by atoms with E-state index in [1.807, 2.05) is 0 Å². The summed E-state index contributed by atoms with van der Waals surface area (Å²) in [7, 11) is 0. The Hall–Kier alpha value is -1.95. The van der Waals surface area contributed by atoms with Gasteiger partial charge in [0.25, 0.3) is 5.91 Å². The van der Waals surface area contributed by atoms with E-state index in [1.54, 1.807) is 18.3 Å². The van der Waals surface area contributed by atoms with Crippen molar-refractivity contribution in [2.45, 2.75) is 0 Å². The smallest absolute Gasteiger partial charge is 0.258 e. The minimum Gasteiger partial charge on any atom is -0.505 e. The Labute approximate surface area is 106 Å². The number of nitrogens with one attached hydrogen (secondary N) is 1. The molecule has 0 aliphatic rings. The second-order valence-electron chi connectivity index (χ2n) is 3.20. The molecule has 0 atom stereocenters. The summed E-state index contributed by atoms with van der Waals surface area (Å²) in [5, 5.41) is 11.9. The first kappa shape index (κ1) is 11.5. The van der Waals surface area contributed by atoms with Crippen LogP contribution in [-0.2, 0) is 0 Å². The maximum atomic E-state index is 11.7. The lowest BCUT2D eigenvalue weighted by Gasteiger charge is -2.04. The van der Waals surface area contributed by atoms with Crippen molar-refractivity contribution in [2.75, 3.05) is 5.32 Å². The summed E-state index contributed by atoms with van der Waals surface area (Å²) in [6.45, 7) is 0. The zero-order chi connectivity index (χ0) is 12.3. The average molecular weight is 294 g/mol. The molecule has 0 unspecified atom stereocenters. The molecule has 5 nitrogen and oxygen atoms in total. The van der Waals surface area contributed by atoms with E-state index >= 15 is 0 Å². The number of halogens is 1. The second kappa shape index (κ2) is 4.92. The Morgan fingerprint density at radius 1 is 1.35 bits per heavy atom. The quantitative estimate of drug-likeness (QED) is 0.833. The van der Waals surface area contributed by atoms with E-state index in [4.69, 9.17) is 0 Å². The topological polar surface area (TPSA) is 75.1 Å². The van der Waals surface area contributed by atoms with Crippen LogP contribution in [0.3, 0.4) is 0 Å². The Balaban J connectivity index is 2.16. The Bertz CT molecular complexity index is 546. The fourth-order valence-electron chi connectivity index (χ4n) is 1.18. The van der Waals surface area contributed by atoms with Gasteiger partial charge in [0.15, 0.2) is 0 Å². The van der Waals surface area contributed by atoms with E-state index in [9.17, 15) is 9.90 Å². The predicted octanol–water partition coefficient (Wildman–Crippen LogP) is 2.20. The molecule has 0 spiro atoms. The first-order chi connectivity index (χ1) is 8.16. The SMILES string of the molecule is O=C(Nc1ccc(O)c(Br)n1)c1cccnc1. The van der Waals surface area contributed by atoms with Gasteiger partial charge < -0.3 is 10.4 Å². The van der Waals surface area contributed by atoms with Crippen LogP contribution in [0.4, 0.5) is 5.82 Å². The molecule has 2 aromatic rings. The maximum absolute atomic E-state index is 11.7. The summed E-state index contributed by atoms with van der Waals surface area (Å²) in [4.78, 5) is 19.5. The van der Waals surface area contributed by atoms with E-state index < -0.39 is 0 Å². The molecule has 0 bridgehead atoms. The van der Waals surface area contributed by atoms with Crippen molar-refractivity contribution in [1.29, 1.82) is 0 Å². The van der Waals surface area contributed by atoms with Gasteiger partial charge in [0.05, 0.1) is 5.56 Å². The van der Waals surface area contributed by atoms with Crippen molar-refractivity contribution in [3.8, 4) is 5.75 Å². The summed E-state index contributed by atoms with van der Waals surface area (Å²) in [5.41, 5.74) is 0.443. The lowest BCUT2D eigenvalue weighted by atomic mass is 10.3. The molecule has 0 radical (unpaired) electrons. The molecule has 6 heteroatoms. The molecular weight excluding hydrogens is 286 g/mol. The van der Waals surface area contributed by atoms with E-state index in [1.165, 1.54) is 18.3 Å². The minimum atomic E-state index is -0.303. The van der Waals surface area contributed by atoms with Gasteiger partial charge >= 0.3 is 0 Å². The molecule has 0 fully saturated rings. The van der Waals surface area contributed by atoms with Gasteiger partial charge in [-0.1, -0.05) is 0 Å². The number of aromatic hydroxyl groups is 1. The van der Waals surface area contributed by atoms with E-state index in [0.29, 0.717) is 11.4 Å². The number of anilines is 1. The number of rotatable bonds is 2. The molecule has 0 aliphatic heterocycles. The molecule has 0 aliphatic carbocycles. The normalized spacial score (nSPS) is 9.94. The third-order valence-corrected chi connectivity index (χ3v) is 2.58. The van der Waals surface area contributed by atoms with E-state index in [2.05, 4.69) is 31.2 Å². The molecular formula is C11H8BrN3O2. The largest absolute Gasteiger partial charge is 0.505 e. The highest BCUT2D eigenvalue weighted by atomic mass is 79.9. The molecule has 2 rings (SSSR count). The molecule has 0 saturated carbocycles. The third-order valence-electron chi connectivity index (χ3n) is 1.99. The highest BCUT2D eigenvalue weighted by Gasteiger charge is 2.07. The van der Waals surface area contributed by atoms with Crippen LogP contribution in [0, 0.1) is 0 Å². The van der Waals surface area contributed by atoms with Gasteiger partial charge in [0.1, 0.15) is 16.2 Å². The number of nitrogens with zero attached hydrogens (tertiary/aromatic N) is 2. The Morgan fingerprint density at radius 2 is 2.18 bits per heavy atom. The van der Waals surface area contributed by atoms with Gasteiger partial charge in [0, 0.05) is 12.4 Å². The molecule has 2 aromatic heterocycles. The number of hydrogen-bond acceptors (Lipinski definition) is 4. The van der Waals surface area contributed by atoms with Crippen LogP contribution >= 0.6 is 15.9 Å². The molecule has 0 aromatic carbocycles. The van der Waals surface area contributed by atoms with Gasteiger partial charge in [-0.15, -0.1) is 0 Å². The molecule has 86 valence electrons. The number of amides is 1. The minimum absolute atomic E-state index is 0.0179. The predicted molar refractivity (Wildman–Crippen MR) is 65.8 cm³/mol. The standard InChI is InChI=1S/C11H8BrN3O2/c12-10-8(16)3-4-9(14-10)15-11(17)7-2-1-5-13-6-7/h1-6,16H,(H,14,15,17). The maximum Gasteiger partial charge on any atom is 0.258 e.